The lowest BCUT2D eigenvalue weighted by Crippen LogP contribution is -2.35. The molecule has 216 valence electrons. The molecule has 0 atom stereocenters. The number of hydrogen-bond donors (Lipinski definition) is 2. The van der Waals surface area contributed by atoms with Gasteiger partial charge in [0, 0.05) is 19.5 Å². The zero-order valence-corrected chi connectivity index (χ0v) is 24.5. The van der Waals surface area contributed by atoms with Gasteiger partial charge in [0.15, 0.2) is 0 Å². The molecule has 0 heterocycles. The first kappa shape index (κ1) is 35.4. The van der Waals surface area contributed by atoms with Crippen molar-refractivity contribution in [1.29, 1.82) is 0 Å². The van der Waals surface area contributed by atoms with Gasteiger partial charge in [0.1, 0.15) is 0 Å². The molecule has 1 amide bonds. The van der Waals surface area contributed by atoms with Crippen LogP contribution in [0.1, 0.15) is 174 Å². The standard InChI is InChI=1S/C32H65NO3/c1-2-3-4-5-6-7-8-9-10-11-12-13-14-15-16-17-18-19-20-21-22-23-24-25-26-27-32(36)33(28-30-34)29-31-35/h34-35H,2-31H2,1H3. The Morgan fingerprint density at radius 1 is 0.444 bits per heavy atom. The number of rotatable bonds is 30. The Morgan fingerprint density at radius 2 is 0.694 bits per heavy atom. The Hall–Kier alpha value is -0.610. The molecule has 0 bridgehead atoms. The Kier molecular flexibility index (Phi) is 30.1. The van der Waals surface area contributed by atoms with Crippen LogP contribution >= 0.6 is 0 Å². The first-order chi connectivity index (χ1) is 17.8. The van der Waals surface area contributed by atoms with Gasteiger partial charge in [-0.1, -0.05) is 161 Å². The summed E-state index contributed by atoms with van der Waals surface area (Å²) < 4.78 is 0. The number of carbonyl (C=O) groups is 1. The number of unbranched alkanes of at least 4 members (excludes halogenated alkanes) is 24. The molecular formula is C32H65NO3. The number of nitrogens with zero attached hydrogens (tertiary/aromatic N) is 1. The maximum Gasteiger partial charge on any atom is 0.222 e. The Morgan fingerprint density at radius 3 is 0.944 bits per heavy atom. The van der Waals surface area contributed by atoms with Crippen LogP contribution in [-0.2, 0) is 4.79 Å². The molecule has 0 fully saturated rings. The van der Waals surface area contributed by atoms with Gasteiger partial charge in [0.2, 0.25) is 5.91 Å². The number of hydrogen-bond acceptors (Lipinski definition) is 3. The molecule has 0 aliphatic rings. The van der Waals surface area contributed by atoms with Crippen molar-refractivity contribution in [2.24, 2.45) is 0 Å². The highest BCUT2D eigenvalue weighted by Gasteiger charge is 2.11. The molecule has 0 spiro atoms. The lowest BCUT2D eigenvalue weighted by Gasteiger charge is -2.20. The average molecular weight is 512 g/mol. The lowest BCUT2D eigenvalue weighted by atomic mass is 10.0. The summed E-state index contributed by atoms with van der Waals surface area (Å²) in [6.45, 7) is 2.88. The predicted molar refractivity (Wildman–Crippen MR) is 156 cm³/mol. The minimum absolute atomic E-state index is 0.0365. The molecule has 0 saturated heterocycles. The van der Waals surface area contributed by atoms with Crippen LogP contribution in [0.15, 0.2) is 0 Å². The van der Waals surface area contributed by atoms with Crippen molar-refractivity contribution in [3.8, 4) is 0 Å². The van der Waals surface area contributed by atoms with Crippen molar-refractivity contribution < 1.29 is 15.0 Å². The van der Waals surface area contributed by atoms with Crippen LogP contribution in [0.3, 0.4) is 0 Å². The summed E-state index contributed by atoms with van der Waals surface area (Å²) in [5.41, 5.74) is 0. The van der Waals surface area contributed by atoms with E-state index in [9.17, 15) is 4.79 Å². The molecule has 4 heteroatoms. The molecule has 0 saturated carbocycles. The maximum atomic E-state index is 12.1. The number of amides is 1. The predicted octanol–water partition coefficient (Wildman–Crippen LogP) is 8.96. The van der Waals surface area contributed by atoms with Gasteiger partial charge in [0.05, 0.1) is 13.2 Å². The Labute approximate surface area is 226 Å². The molecule has 36 heavy (non-hydrogen) atoms. The maximum absolute atomic E-state index is 12.1. The minimum Gasteiger partial charge on any atom is -0.395 e. The van der Waals surface area contributed by atoms with E-state index in [0.717, 1.165) is 12.8 Å². The topological polar surface area (TPSA) is 60.8 Å². The molecule has 2 N–H and O–H groups in total. The van der Waals surface area contributed by atoms with Crippen LogP contribution < -0.4 is 0 Å². The minimum atomic E-state index is -0.0365. The summed E-state index contributed by atoms with van der Waals surface area (Å²) in [7, 11) is 0. The molecule has 0 aromatic rings. The molecule has 0 aliphatic carbocycles. The Balaban J connectivity index is 3.18. The van der Waals surface area contributed by atoms with Crippen LogP contribution in [-0.4, -0.2) is 47.3 Å². The van der Waals surface area contributed by atoms with E-state index in [2.05, 4.69) is 6.92 Å². The van der Waals surface area contributed by atoms with Gasteiger partial charge in [0.25, 0.3) is 0 Å². The van der Waals surface area contributed by atoms with Crippen molar-refractivity contribution in [2.45, 2.75) is 174 Å². The van der Waals surface area contributed by atoms with Gasteiger partial charge < -0.3 is 15.1 Å². The molecule has 4 nitrogen and oxygen atoms in total. The molecule has 0 radical (unpaired) electrons. The molecular weight excluding hydrogens is 446 g/mol. The van der Waals surface area contributed by atoms with Gasteiger partial charge >= 0.3 is 0 Å². The fourth-order valence-corrected chi connectivity index (χ4v) is 5.18. The van der Waals surface area contributed by atoms with E-state index in [-0.39, 0.29) is 19.1 Å². The Bertz CT molecular complexity index is 424. The van der Waals surface area contributed by atoms with Crippen LogP contribution in [0.2, 0.25) is 0 Å². The zero-order chi connectivity index (χ0) is 26.4. The van der Waals surface area contributed by atoms with E-state index in [4.69, 9.17) is 10.2 Å². The molecule has 0 aliphatic heterocycles. The molecule has 0 unspecified atom stereocenters. The van der Waals surface area contributed by atoms with E-state index in [1.165, 1.54) is 148 Å². The van der Waals surface area contributed by atoms with Crippen LogP contribution in [0.5, 0.6) is 0 Å². The monoisotopic (exact) mass is 511 g/mol. The van der Waals surface area contributed by atoms with Crippen LogP contribution in [0.25, 0.3) is 0 Å². The fraction of sp³-hybridized carbons (Fsp3) is 0.969. The summed E-state index contributed by atoms with van der Waals surface area (Å²) in [4.78, 5) is 13.6. The normalized spacial score (nSPS) is 11.3. The second-order valence-electron chi connectivity index (χ2n) is 11.1. The smallest absolute Gasteiger partial charge is 0.222 e. The number of aliphatic hydroxyl groups excluding tert-OH is 2. The highest BCUT2D eigenvalue weighted by Crippen LogP contribution is 2.16. The quantitative estimate of drug-likeness (QED) is 0.0946. The first-order valence-electron chi connectivity index (χ1n) is 16.3. The van der Waals surface area contributed by atoms with Crippen LogP contribution in [0, 0.1) is 0 Å². The largest absolute Gasteiger partial charge is 0.395 e. The number of carbonyl (C=O) groups excluding carboxylic acids is 1. The van der Waals surface area contributed by atoms with Gasteiger partial charge in [-0.2, -0.15) is 0 Å². The molecule has 0 rings (SSSR count). The van der Waals surface area contributed by atoms with E-state index in [1.54, 1.807) is 4.90 Å². The molecule has 0 aromatic carbocycles. The van der Waals surface area contributed by atoms with E-state index >= 15 is 0 Å². The van der Waals surface area contributed by atoms with Crippen molar-refractivity contribution >= 4 is 5.91 Å². The first-order valence-corrected chi connectivity index (χ1v) is 16.3. The summed E-state index contributed by atoms with van der Waals surface area (Å²) in [5, 5.41) is 18.0. The highest BCUT2D eigenvalue weighted by molar-refractivity contribution is 5.76. The second-order valence-corrected chi connectivity index (χ2v) is 11.1. The third-order valence-electron chi connectivity index (χ3n) is 7.59. The SMILES string of the molecule is CCCCCCCCCCCCCCCCCCCCCCCCCCCC(=O)N(CCO)CCO. The van der Waals surface area contributed by atoms with Crippen molar-refractivity contribution in [3.63, 3.8) is 0 Å². The average Bonchev–Trinajstić information content (AvgIpc) is 2.88. The van der Waals surface area contributed by atoms with Crippen molar-refractivity contribution in [1.82, 2.24) is 4.90 Å². The van der Waals surface area contributed by atoms with E-state index in [0.29, 0.717) is 19.5 Å². The summed E-state index contributed by atoms with van der Waals surface area (Å²) in [6, 6.07) is 0. The third-order valence-corrected chi connectivity index (χ3v) is 7.59. The van der Waals surface area contributed by atoms with Gasteiger partial charge in [-0.25, -0.2) is 0 Å². The highest BCUT2D eigenvalue weighted by atomic mass is 16.3. The van der Waals surface area contributed by atoms with Crippen LogP contribution in [0.4, 0.5) is 0 Å². The van der Waals surface area contributed by atoms with Gasteiger partial charge in [-0.15, -0.1) is 0 Å². The lowest BCUT2D eigenvalue weighted by molar-refractivity contribution is -0.132. The van der Waals surface area contributed by atoms with E-state index in [1.807, 2.05) is 0 Å². The van der Waals surface area contributed by atoms with Crippen molar-refractivity contribution in [3.05, 3.63) is 0 Å². The summed E-state index contributed by atoms with van der Waals surface area (Å²) >= 11 is 0. The van der Waals surface area contributed by atoms with Gasteiger partial charge in [-0.05, 0) is 6.42 Å². The fourth-order valence-electron chi connectivity index (χ4n) is 5.18. The van der Waals surface area contributed by atoms with Crippen molar-refractivity contribution in [2.75, 3.05) is 26.3 Å². The molecule has 0 aromatic heterocycles. The second kappa shape index (κ2) is 30.6. The zero-order valence-electron chi connectivity index (χ0n) is 24.5. The van der Waals surface area contributed by atoms with E-state index < -0.39 is 0 Å². The number of aliphatic hydroxyl groups is 2. The van der Waals surface area contributed by atoms with Gasteiger partial charge in [-0.3, -0.25) is 4.79 Å². The third kappa shape index (κ3) is 26.5. The summed E-state index contributed by atoms with van der Waals surface area (Å²) in [6.07, 6.45) is 35.1. The summed E-state index contributed by atoms with van der Waals surface area (Å²) in [5.74, 6) is 0.0622.